The van der Waals surface area contributed by atoms with E-state index in [-0.39, 0.29) is 30.2 Å². The molecular weight excluding hydrogens is 579 g/mol. The number of ether oxygens (including phenoxy) is 1. The molecular formula is C31H31FN10O3. The number of fused-ring (bicyclic) bond motifs is 1. The van der Waals surface area contributed by atoms with Crippen molar-refractivity contribution in [1.29, 1.82) is 0 Å². The van der Waals surface area contributed by atoms with Crippen LogP contribution >= 0.6 is 0 Å². The van der Waals surface area contributed by atoms with Gasteiger partial charge in [-0.1, -0.05) is 24.3 Å². The second-order valence-corrected chi connectivity index (χ2v) is 11.4. The predicted octanol–water partition coefficient (Wildman–Crippen LogP) is 3.83. The molecule has 0 aliphatic heterocycles. The molecule has 14 heteroatoms. The van der Waals surface area contributed by atoms with Gasteiger partial charge in [0.25, 0.3) is 5.91 Å². The predicted molar refractivity (Wildman–Crippen MR) is 162 cm³/mol. The molecule has 5 aromatic rings. The van der Waals surface area contributed by atoms with E-state index in [0.717, 1.165) is 42.9 Å². The number of nitrogens with one attached hydrogen (secondary N) is 1. The summed E-state index contributed by atoms with van der Waals surface area (Å²) in [7, 11) is 1.43. The van der Waals surface area contributed by atoms with E-state index in [1.165, 1.54) is 42.9 Å². The summed E-state index contributed by atoms with van der Waals surface area (Å²) >= 11 is 0. The van der Waals surface area contributed by atoms with Crippen LogP contribution in [0, 0.1) is 11.7 Å². The molecule has 2 saturated carbocycles. The number of methoxy groups -OCH3 is 1. The maximum absolute atomic E-state index is 13.8. The van der Waals surface area contributed by atoms with Gasteiger partial charge in [-0.3, -0.25) is 4.79 Å². The molecule has 0 saturated heterocycles. The number of anilines is 1. The average molecular weight is 611 g/mol. The number of carbonyl (C=O) groups is 2. The number of carbonyl (C=O) groups excluding carboxylic acids is 2. The molecule has 2 aliphatic carbocycles. The van der Waals surface area contributed by atoms with Gasteiger partial charge in [-0.25, -0.2) is 28.8 Å². The minimum absolute atomic E-state index is 0.113. The number of hydrogen-bond acceptors (Lipinski definition) is 9. The Labute approximate surface area is 257 Å². The summed E-state index contributed by atoms with van der Waals surface area (Å²) in [5, 5.41) is 12.6. The Kier molecular flexibility index (Phi) is 7.31. The van der Waals surface area contributed by atoms with Crippen LogP contribution in [0.15, 0.2) is 61.4 Å². The Bertz CT molecular complexity index is 1870. The Morgan fingerprint density at radius 1 is 1.11 bits per heavy atom. The molecule has 0 radical (unpaired) electrons. The zero-order chi connectivity index (χ0) is 31.1. The Balaban J connectivity index is 1.16. The van der Waals surface area contributed by atoms with Crippen LogP contribution in [0.4, 0.5) is 15.0 Å². The molecule has 3 heterocycles. The van der Waals surface area contributed by atoms with Crippen LogP contribution in [-0.2, 0) is 6.54 Å². The first-order valence-corrected chi connectivity index (χ1v) is 14.8. The number of nitrogen functional groups attached to an aromatic ring is 1. The number of rotatable bonds is 10. The van der Waals surface area contributed by atoms with Crippen LogP contribution in [0.5, 0.6) is 5.75 Å². The summed E-state index contributed by atoms with van der Waals surface area (Å²) in [6.07, 6.45) is 8.16. The highest BCUT2D eigenvalue weighted by molar-refractivity contribution is 5.98. The maximum atomic E-state index is 13.8. The largest absolute Gasteiger partial charge is 0.496 e. The minimum Gasteiger partial charge on any atom is -0.496 e. The van der Waals surface area contributed by atoms with Gasteiger partial charge in [0, 0.05) is 24.7 Å². The van der Waals surface area contributed by atoms with Gasteiger partial charge in [-0.15, -0.1) is 0 Å². The smallest absolute Gasteiger partial charge is 0.346 e. The highest BCUT2D eigenvalue weighted by Crippen LogP contribution is 2.44. The van der Waals surface area contributed by atoms with E-state index >= 15 is 0 Å². The van der Waals surface area contributed by atoms with Gasteiger partial charge in [0.05, 0.1) is 24.1 Å². The fraction of sp³-hybridized carbons (Fsp3) is 0.323. The van der Waals surface area contributed by atoms with E-state index in [9.17, 15) is 14.0 Å². The number of benzene rings is 2. The second kappa shape index (κ2) is 11.6. The van der Waals surface area contributed by atoms with Gasteiger partial charge in [-0.2, -0.15) is 14.9 Å². The van der Waals surface area contributed by atoms with Gasteiger partial charge in [0.15, 0.2) is 5.65 Å². The van der Waals surface area contributed by atoms with Crippen LogP contribution in [0.1, 0.15) is 47.6 Å². The van der Waals surface area contributed by atoms with Crippen molar-refractivity contribution in [2.75, 3.05) is 19.4 Å². The molecule has 2 fully saturated rings. The lowest BCUT2D eigenvalue weighted by atomic mass is 10.1. The Morgan fingerprint density at radius 3 is 2.60 bits per heavy atom. The molecule has 1 unspecified atom stereocenters. The second-order valence-electron chi connectivity index (χ2n) is 11.4. The third kappa shape index (κ3) is 5.66. The van der Waals surface area contributed by atoms with E-state index in [1.807, 2.05) is 33.8 Å². The maximum Gasteiger partial charge on any atom is 0.346 e. The zero-order valence-corrected chi connectivity index (χ0v) is 24.5. The van der Waals surface area contributed by atoms with Crippen molar-refractivity contribution >= 4 is 28.8 Å². The minimum atomic E-state index is -0.522. The highest BCUT2D eigenvalue weighted by atomic mass is 19.1. The number of nitrogens with two attached hydrogens (primary N) is 1. The number of halogens is 1. The standard InChI is InChI=1S/C31H31FN10O3/c1-45-25-11-8-21(32)12-23(25)30(43)35-13-18-2-4-20(5-3-18)27-26-28(33)36-16-37-29(26)42(39-27)24(19-6-7-19)14-40(22-9-10-22)31(44)41-17-34-15-38-41/h2-5,8,11-12,15-17,19,22,24H,6-7,9-10,13-14H2,1H3,(H,35,43)(H2,33,36,37). The molecule has 1 atom stereocenters. The first-order valence-electron chi connectivity index (χ1n) is 14.8. The molecule has 13 nitrogen and oxygen atoms in total. The highest BCUT2D eigenvalue weighted by Gasteiger charge is 2.41. The zero-order valence-electron chi connectivity index (χ0n) is 24.5. The molecule has 7 rings (SSSR count). The van der Waals surface area contributed by atoms with Crippen LogP contribution in [0.3, 0.4) is 0 Å². The van der Waals surface area contributed by atoms with Crippen LogP contribution < -0.4 is 15.8 Å². The van der Waals surface area contributed by atoms with E-state index in [2.05, 4.69) is 25.4 Å². The molecule has 0 bridgehead atoms. The van der Waals surface area contributed by atoms with Crippen molar-refractivity contribution in [3.05, 3.63) is 78.4 Å². The van der Waals surface area contributed by atoms with Gasteiger partial charge in [0.2, 0.25) is 0 Å². The van der Waals surface area contributed by atoms with Crippen molar-refractivity contribution in [2.24, 2.45) is 5.92 Å². The lowest BCUT2D eigenvalue weighted by Crippen LogP contribution is -2.41. The van der Waals surface area contributed by atoms with Crippen molar-refractivity contribution in [2.45, 2.75) is 44.3 Å². The van der Waals surface area contributed by atoms with Crippen LogP contribution in [-0.4, -0.2) is 71.0 Å². The molecule has 2 amide bonds. The van der Waals surface area contributed by atoms with Gasteiger partial charge >= 0.3 is 6.03 Å². The van der Waals surface area contributed by atoms with Gasteiger partial charge in [0.1, 0.15) is 42.1 Å². The molecule has 3 aromatic heterocycles. The fourth-order valence-electron chi connectivity index (χ4n) is 5.66. The number of amides is 2. The fourth-order valence-corrected chi connectivity index (χ4v) is 5.66. The quantitative estimate of drug-likeness (QED) is 0.240. The summed E-state index contributed by atoms with van der Waals surface area (Å²) in [5.41, 5.74) is 9.40. The SMILES string of the molecule is COc1ccc(F)cc1C(=O)NCc1ccc(-c2nn(C(CN(C(=O)n3cncn3)C3CC3)C3CC3)c3ncnc(N)c23)cc1. The van der Waals surface area contributed by atoms with Crippen LogP contribution in [0.25, 0.3) is 22.3 Å². The number of aromatic nitrogens is 7. The Morgan fingerprint density at radius 2 is 1.91 bits per heavy atom. The van der Waals surface area contributed by atoms with E-state index in [4.69, 9.17) is 15.6 Å². The molecule has 2 aliphatic rings. The monoisotopic (exact) mass is 610 g/mol. The molecule has 0 spiro atoms. The summed E-state index contributed by atoms with van der Waals surface area (Å²) in [4.78, 5) is 40.8. The van der Waals surface area contributed by atoms with Crippen molar-refractivity contribution in [1.82, 2.24) is 44.7 Å². The van der Waals surface area contributed by atoms with E-state index < -0.39 is 11.7 Å². The summed E-state index contributed by atoms with van der Waals surface area (Å²) in [6.45, 7) is 0.683. The lowest BCUT2D eigenvalue weighted by molar-refractivity contribution is 0.0947. The van der Waals surface area contributed by atoms with E-state index in [0.29, 0.717) is 40.8 Å². The third-order valence-corrected chi connectivity index (χ3v) is 8.32. The number of hydrogen-bond donors (Lipinski definition) is 2. The normalized spacial score (nSPS) is 15.2. The molecule has 45 heavy (non-hydrogen) atoms. The first-order chi connectivity index (χ1) is 21.9. The summed E-state index contributed by atoms with van der Waals surface area (Å²) < 4.78 is 22.1. The average Bonchev–Trinajstić information content (AvgIpc) is 3.98. The first kappa shape index (κ1) is 28.4. The molecule has 3 N–H and O–H groups in total. The van der Waals surface area contributed by atoms with Gasteiger partial charge < -0.3 is 20.7 Å². The molecule has 2 aromatic carbocycles. The van der Waals surface area contributed by atoms with Crippen LogP contribution in [0.2, 0.25) is 0 Å². The molecule has 230 valence electrons. The van der Waals surface area contributed by atoms with Crippen molar-refractivity contribution in [3.63, 3.8) is 0 Å². The number of nitrogens with zero attached hydrogens (tertiary/aromatic N) is 8. The van der Waals surface area contributed by atoms with Crippen molar-refractivity contribution in [3.8, 4) is 17.0 Å². The third-order valence-electron chi connectivity index (χ3n) is 8.32. The van der Waals surface area contributed by atoms with Crippen molar-refractivity contribution < 1.29 is 18.7 Å². The summed E-state index contributed by atoms with van der Waals surface area (Å²) in [5.74, 6) is -0.0254. The topological polar surface area (TPSA) is 159 Å². The summed E-state index contributed by atoms with van der Waals surface area (Å²) in [6, 6.07) is 11.2. The van der Waals surface area contributed by atoms with E-state index in [1.54, 1.807) is 0 Å². The lowest BCUT2D eigenvalue weighted by Gasteiger charge is -2.27. The Hall–Kier alpha value is -5.40. The van der Waals surface area contributed by atoms with Gasteiger partial charge in [-0.05, 0) is 55.4 Å².